The van der Waals surface area contributed by atoms with E-state index in [9.17, 15) is 4.79 Å². The highest BCUT2D eigenvalue weighted by Crippen LogP contribution is 2.44. The fourth-order valence-electron chi connectivity index (χ4n) is 5.57. The lowest BCUT2D eigenvalue weighted by molar-refractivity contribution is -0.119. The van der Waals surface area contributed by atoms with Crippen molar-refractivity contribution in [2.24, 2.45) is 0 Å². The maximum atomic E-state index is 12.1. The molecule has 1 saturated heterocycles. The van der Waals surface area contributed by atoms with E-state index < -0.39 is 0 Å². The van der Waals surface area contributed by atoms with Gasteiger partial charge in [0.2, 0.25) is 5.91 Å². The standard InChI is InChI=1S/C32H35N5O2S/c1-6-23-10-12-24(13-11-23)36-21(3)18-26(22(36)4)31-30(28-9-7-8-16-33-28)35-32(40)37(31)25-14-15-27(20(2)17-25)34-29(38)19-39-5/h7-18,30-31H,6,19H2,1-5H3,(H,34,38)(H,35,40)/t30-,31-/m1/s1. The molecule has 3 heterocycles. The molecule has 7 nitrogen and oxygen atoms in total. The number of anilines is 2. The van der Waals surface area contributed by atoms with Gasteiger partial charge in [-0.3, -0.25) is 9.78 Å². The average Bonchev–Trinajstić information content (AvgIpc) is 3.45. The van der Waals surface area contributed by atoms with E-state index >= 15 is 0 Å². The van der Waals surface area contributed by atoms with Crippen molar-refractivity contribution >= 4 is 34.6 Å². The van der Waals surface area contributed by atoms with Gasteiger partial charge in [0.05, 0.1) is 17.8 Å². The molecule has 0 spiro atoms. The van der Waals surface area contributed by atoms with Gasteiger partial charge >= 0.3 is 0 Å². The van der Waals surface area contributed by atoms with Crippen molar-refractivity contribution in [1.29, 1.82) is 0 Å². The van der Waals surface area contributed by atoms with Crippen LogP contribution in [0.3, 0.4) is 0 Å². The Bertz CT molecular complexity index is 1530. The van der Waals surface area contributed by atoms with Crippen molar-refractivity contribution in [3.63, 3.8) is 0 Å². The summed E-state index contributed by atoms with van der Waals surface area (Å²) in [6.07, 6.45) is 2.83. The summed E-state index contributed by atoms with van der Waals surface area (Å²) in [7, 11) is 1.51. The lowest BCUT2D eigenvalue weighted by Crippen LogP contribution is -2.29. The number of methoxy groups -OCH3 is 1. The highest BCUT2D eigenvalue weighted by molar-refractivity contribution is 7.80. The number of pyridine rings is 1. The van der Waals surface area contributed by atoms with Gasteiger partial charge in [-0.15, -0.1) is 0 Å². The first-order valence-corrected chi connectivity index (χ1v) is 13.9. The number of aromatic nitrogens is 2. The third-order valence-electron chi connectivity index (χ3n) is 7.53. The molecular formula is C32H35N5O2S. The number of carbonyl (C=O) groups is 1. The first-order valence-electron chi connectivity index (χ1n) is 13.5. The number of ether oxygens (including phenoxy) is 1. The van der Waals surface area contributed by atoms with Crippen molar-refractivity contribution in [2.75, 3.05) is 23.9 Å². The Balaban J connectivity index is 1.59. The van der Waals surface area contributed by atoms with E-state index in [-0.39, 0.29) is 24.6 Å². The molecule has 40 heavy (non-hydrogen) atoms. The van der Waals surface area contributed by atoms with Gasteiger partial charge in [0, 0.05) is 41.8 Å². The summed E-state index contributed by atoms with van der Waals surface area (Å²) in [6, 6.07) is 22.7. The first-order chi connectivity index (χ1) is 19.3. The van der Waals surface area contributed by atoms with Crippen LogP contribution >= 0.6 is 12.2 Å². The number of rotatable bonds is 8. The van der Waals surface area contributed by atoms with Crippen LogP contribution in [-0.2, 0) is 16.0 Å². The molecule has 0 bridgehead atoms. The van der Waals surface area contributed by atoms with Crippen molar-refractivity contribution < 1.29 is 9.53 Å². The number of hydrogen-bond donors (Lipinski definition) is 2. The van der Waals surface area contributed by atoms with Crippen LogP contribution < -0.4 is 15.5 Å². The Kier molecular flexibility index (Phi) is 8.00. The van der Waals surface area contributed by atoms with Gasteiger partial charge in [-0.1, -0.05) is 25.1 Å². The molecule has 0 unspecified atom stereocenters. The molecule has 0 saturated carbocycles. The fourth-order valence-corrected chi connectivity index (χ4v) is 5.92. The van der Waals surface area contributed by atoms with Gasteiger partial charge in [-0.25, -0.2) is 0 Å². The summed E-state index contributed by atoms with van der Waals surface area (Å²) in [5, 5.41) is 7.11. The Morgan fingerprint density at radius 1 is 1.05 bits per heavy atom. The molecule has 2 aromatic carbocycles. The largest absolute Gasteiger partial charge is 0.375 e. The van der Waals surface area contributed by atoms with E-state index in [1.165, 1.54) is 18.2 Å². The Labute approximate surface area is 241 Å². The smallest absolute Gasteiger partial charge is 0.250 e. The molecule has 1 amide bonds. The van der Waals surface area contributed by atoms with Gasteiger partial charge in [-0.2, -0.15) is 0 Å². The average molecular weight is 554 g/mol. The van der Waals surface area contributed by atoms with Gasteiger partial charge in [0.15, 0.2) is 5.11 Å². The summed E-state index contributed by atoms with van der Waals surface area (Å²) in [5.74, 6) is -0.191. The van der Waals surface area contributed by atoms with Crippen LogP contribution in [0.4, 0.5) is 11.4 Å². The van der Waals surface area contributed by atoms with Crippen molar-refractivity contribution in [3.05, 3.63) is 107 Å². The number of aryl methyl sites for hydroxylation is 3. The first kappa shape index (κ1) is 27.6. The number of carbonyl (C=O) groups excluding carboxylic acids is 1. The predicted octanol–water partition coefficient (Wildman–Crippen LogP) is 6.12. The molecule has 8 heteroatoms. The van der Waals surface area contributed by atoms with Crippen LogP contribution in [0.25, 0.3) is 5.69 Å². The highest BCUT2D eigenvalue weighted by atomic mass is 32.1. The minimum atomic E-state index is -0.191. The number of hydrogen-bond acceptors (Lipinski definition) is 4. The van der Waals surface area contributed by atoms with Gasteiger partial charge < -0.3 is 24.8 Å². The molecule has 0 aliphatic carbocycles. The van der Waals surface area contributed by atoms with Crippen LogP contribution in [0, 0.1) is 20.8 Å². The number of nitrogens with one attached hydrogen (secondary N) is 2. The van der Waals surface area contributed by atoms with Crippen LogP contribution in [-0.4, -0.2) is 34.3 Å². The van der Waals surface area contributed by atoms with Gasteiger partial charge in [0.25, 0.3) is 0 Å². The molecule has 2 atom stereocenters. The quantitative estimate of drug-likeness (QED) is 0.256. The van der Waals surface area contributed by atoms with E-state index in [4.69, 9.17) is 21.9 Å². The summed E-state index contributed by atoms with van der Waals surface area (Å²) in [6.45, 7) is 8.47. The zero-order valence-corrected chi connectivity index (χ0v) is 24.4. The Morgan fingerprint density at radius 2 is 1.80 bits per heavy atom. The minimum Gasteiger partial charge on any atom is -0.375 e. The Morgan fingerprint density at radius 3 is 2.45 bits per heavy atom. The lowest BCUT2D eigenvalue weighted by atomic mass is 9.96. The number of amides is 1. The van der Waals surface area contributed by atoms with Gasteiger partial charge in [0.1, 0.15) is 6.61 Å². The molecule has 2 aromatic heterocycles. The van der Waals surface area contributed by atoms with Crippen LogP contribution in [0.15, 0.2) is 72.9 Å². The molecule has 0 radical (unpaired) electrons. The lowest BCUT2D eigenvalue weighted by Gasteiger charge is -2.29. The van der Waals surface area contributed by atoms with Crippen molar-refractivity contribution in [3.8, 4) is 5.69 Å². The topological polar surface area (TPSA) is 71.4 Å². The zero-order chi connectivity index (χ0) is 28.4. The highest BCUT2D eigenvalue weighted by Gasteiger charge is 2.42. The molecule has 4 aromatic rings. The van der Waals surface area contributed by atoms with E-state index in [1.54, 1.807) is 0 Å². The van der Waals surface area contributed by atoms with Crippen molar-refractivity contribution in [1.82, 2.24) is 14.9 Å². The number of benzene rings is 2. The summed E-state index contributed by atoms with van der Waals surface area (Å²) in [5.41, 5.74) is 9.49. The second-order valence-corrected chi connectivity index (χ2v) is 10.5. The predicted molar refractivity (Wildman–Crippen MR) is 164 cm³/mol. The number of nitrogens with zero attached hydrogens (tertiary/aromatic N) is 3. The summed E-state index contributed by atoms with van der Waals surface area (Å²) in [4.78, 5) is 19.0. The molecule has 2 N–H and O–H groups in total. The summed E-state index contributed by atoms with van der Waals surface area (Å²) < 4.78 is 7.27. The van der Waals surface area contributed by atoms with E-state index in [2.05, 4.69) is 77.3 Å². The zero-order valence-electron chi connectivity index (χ0n) is 23.6. The molecule has 1 aliphatic rings. The summed E-state index contributed by atoms with van der Waals surface area (Å²) >= 11 is 5.96. The molecule has 1 aliphatic heterocycles. The second-order valence-electron chi connectivity index (χ2n) is 10.2. The van der Waals surface area contributed by atoms with E-state index in [1.807, 2.05) is 43.5 Å². The van der Waals surface area contributed by atoms with Crippen molar-refractivity contribution in [2.45, 2.75) is 46.2 Å². The molecule has 206 valence electrons. The SMILES string of the molecule is CCc1ccc(-n2c(C)cc([C@@H]3[C@@H](c4ccccn4)NC(=S)N3c3ccc(NC(=O)COC)c(C)c3)c2C)cc1. The monoisotopic (exact) mass is 553 g/mol. The van der Waals surface area contributed by atoms with E-state index in [0.29, 0.717) is 5.11 Å². The third-order valence-corrected chi connectivity index (χ3v) is 7.84. The normalized spacial score (nSPS) is 16.7. The third kappa shape index (κ3) is 5.24. The molecule has 1 fully saturated rings. The maximum absolute atomic E-state index is 12.1. The van der Waals surface area contributed by atoms with Crippen LogP contribution in [0.2, 0.25) is 0 Å². The maximum Gasteiger partial charge on any atom is 0.250 e. The van der Waals surface area contributed by atoms with Gasteiger partial charge in [-0.05, 0) is 105 Å². The second kappa shape index (κ2) is 11.6. The number of thiocarbonyl (C=S) groups is 1. The molecular weight excluding hydrogens is 518 g/mol. The fraction of sp³-hybridized carbons (Fsp3) is 0.281. The van der Waals surface area contributed by atoms with E-state index in [0.717, 1.165) is 46.1 Å². The Hall–Kier alpha value is -4.01. The van der Waals surface area contributed by atoms with Crippen LogP contribution in [0.5, 0.6) is 0 Å². The minimum absolute atomic E-state index is 0.00589. The molecule has 5 rings (SSSR count). The van der Waals surface area contributed by atoms with Crippen LogP contribution in [0.1, 0.15) is 52.8 Å².